The van der Waals surface area contributed by atoms with Gasteiger partial charge in [-0.2, -0.15) is 5.26 Å². The highest BCUT2D eigenvalue weighted by Gasteiger charge is 2.35. The Morgan fingerprint density at radius 3 is 2.69 bits per heavy atom. The van der Waals surface area contributed by atoms with Crippen LogP contribution in [0.2, 0.25) is 5.02 Å². The quantitative estimate of drug-likeness (QED) is 0.237. The zero-order valence-electron chi connectivity index (χ0n) is 22.2. The predicted octanol–water partition coefficient (Wildman–Crippen LogP) is 7.62. The lowest BCUT2D eigenvalue weighted by Gasteiger charge is -2.39. The lowest BCUT2D eigenvalue weighted by Crippen LogP contribution is -2.48. The smallest absolute Gasteiger partial charge is 0.410 e. The Morgan fingerprint density at radius 2 is 2.03 bits per heavy atom. The van der Waals surface area contributed by atoms with Crippen LogP contribution in [0, 0.1) is 17.1 Å². The summed E-state index contributed by atoms with van der Waals surface area (Å²) in [4.78, 5) is 23.9. The lowest BCUT2D eigenvalue weighted by atomic mass is 9.95. The van der Waals surface area contributed by atoms with Gasteiger partial charge in [-0.3, -0.25) is 0 Å². The summed E-state index contributed by atoms with van der Waals surface area (Å²) in [5.41, 5.74) is 2.01. The van der Waals surface area contributed by atoms with E-state index in [1.165, 1.54) is 11.8 Å². The molecule has 2 atom stereocenters. The van der Waals surface area contributed by atoms with Crippen molar-refractivity contribution in [3.05, 3.63) is 53.6 Å². The van der Waals surface area contributed by atoms with E-state index in [9.17, 15) is 10.1 Å². The molecule has 202 valence electrons. The van der Waals surface area contributed by atoms with E-state index in [0.717, 1.165) is 5.52 Å². The van der Waals surface area contributed by atoms with Gasteiger partial charge >= 0.3 is 6.09 Å². The summed E-state index contributed by atoms with van der Waals surface area (Å²) in [5.74, 6) is -0.476. The third-order valence-corrected chi connectivity index (χ3v) is 7.92. The van der Waals surface area contributed by atoms with Gasteiger partial charge in [0.15, 0.2) is 5.82 Å². The number of nitriles is 1. The molecule has 0 saturated carbocycles. The highest BCUT2D eigenvalue weighted by molar-refractivity contribution is 7.98. The van der Waals surface area contributed by atoms with Crippen LogP contribution >= 0.6 is 23.4 Å². The van der Waals surface area contributed by atoms with E-state index in [4.69, 9.17) is 16.3 Å². The highest BCUT2D eigenvalue weighted by Crippen LogP contribution is 2.41. The SMILES string of the molecule is CSc1nc2c(F)c(-c3ccccc3)c(Cl)cc2c2c1ncn2[C@H]1CCN(C(=O)OC(C)(C)C)[C@H](CC#N)C1. The van der Waals surface area contributed by atoms with Crippen LogP contribution in [-0.4, -0.2) is 50.0 Å². The van der Waals surface area contributed by atoms with E-state index in [1.807, 2.05) is 61.9 Å². The topological polar surface area (TPSA) is 84.0 Å². The van der Waals surface area contributed by atoms with Gasteiger partial charge in [-0.05, 0) is 51.5 Å². The zero-order chi connectivity index (χ0) is 27.9. The van der Waals surface area contributed by atoms with Gasteiger partial charge in [-0.1, -0.05) is 41.9 Å². The van der Waals surface area contributed by atoms with Crippen molar-refractivity contribution >= 4 is 51.4 Å². The first-order chi connectivity index (χ1) is 18.6. The molecule has 1 saturated heterocycles. The van der Waals surface area contributed by atoms with Gasteiger partial charge in [-0.25, -0.2) is 19.2 Å². The van der Waals surface area contributed by atoms with Crippen molar-refractivity contribution in [2.24, 2.45) is 0 Å². The standard InChI is InChI=1S/C29H29ClFN5O2S/c1-29(2,3)38-28(37)35-13-11-19(14-18(35)10-12-32)36-16-33-25-26(36)20-15-21(30)22(17-8-6-5-7-9-17)23(31)24(20)34-27(25)39-4/h5-9,15-16,18-19H,10-11,13-14H2,1-4H3/t18-,19+/m1/s1. The van der Waals surface area contributed by atoms with Crippen molar-refractivity contribution in [3.63, 3.8) is 0 Å². The lowest BCUT2D eigenvalue weighted by molar-refractivity contribution is 0.00618. The Hall–Kier alpha value is -3.35. The number of carbonyl (C=O) groups is 1. The molecule has 2 aromatic heterocycles. The Bertz CT molecular complexity index is 1600. The molecule has 3 heterocycles. The number of piperidine rings is 1. The summed E-state index contributed by atoms with van der Waals surface area (Å²) in [6, 6.07) is 12.8. The monoisotopic (exact) mass is 565 g/mol. The largest absolute Gasteiger partial charge is 0.444 e. The van der Waals surface area contributed by atoms with Gasteiger partial charge in [0.05, 0.1) is 29.4 Å². The van der Waals surface area contributed by atoms with Gasteiger partial charge in [0.25, 0.3) is 0 Å². The fourth-order valence-electron chi connectivity index (χ4n) is 5.27. The summed E-state index contributed by atoms with van der Waals surface area (Å²) in [5, 5.41) is 11.0. The van der Waals surface area contributed by atoms with Crippen molar-refractivity contribution < 1.29 is 13.9 Å². The number of halogens is 2. The number of fused-ring (bicyclic) bond motifs is 3. The van der Waals surface area contributed by atoms with E-state index in [1.54, 1.807) is 17.3 Å². The van der Waals surface area contributed by atoms with Crippen LogP contribution in [0.25, 0.3) is 33.1 Å². The van der Waals surface area contributed by atoms with Crippen molar-refractivity contribution in [1.29, 1.82) is 5.26 Å². The maximum absolute atomic E-state index is 16.1. The number of ether oxygens (including phenoxy) is 1. The van der Waals surface area contributed by atoms with Crippen LogP contribution in [0.1, 0.15) is 46.1 Å². The van der Waals surface area contributed by atoms with Crippen LogP contribution in [0.4, 0.5) is 9.18 Å². The second-order valence-corrected chi connectivity index (χ2v) is 11.8. The van der Waals surface area contributed by atoms with Gasteiger partial charge in [0, 0.05) is 29.6 Å². The van der Waals surface area contributed by atoms with Crippen LogP contribution in [0.5, 0.6) is 0 Å². The molecule has 5 rings (SSSR count). The number of rotatable bonds is 4. The molecule has 10 heteroatoms. The Kier molecular flexibility index (Phi) is 7.45. The molecular weight excluding hydrogens is 537 g/mol. The van der Waals surface area contributed by atoms with Crippen molar-refractivity contribution in [3.8, 4) is 17.2 Å². The molecular formula is C29H29ClFN5O2S. The molecule has 4 aromatic rings. The number of pyridine rings is 1. The number of nitrogens with zero attached hydrogens (tertiary/aromatic N) is 5. The summed E-state index contributed by atoms with van der Waals surface area (Å²) in [6.07, 6.45) is 4.57. The predicted molar refractivity (Wildman–Crippen MR) is 152 cm³/mol. The van der Waals surface area contributed by atoms with Gasteiger partial charge in [0.2, 0.25) is 0 Å². The van der Waals surface area contributed by atoms with Gasteiger partial charge < -0.3 is 14.2 Å². The van der Waals surface area contributed by atoms with Gasteiger partial charge in [0.1, 0.15) is 21.7 Å². The number of hydrogen-bond donors (Lipinski definition) is 0. The first kappa shape index (κ1) is 27.2. The molecule has 0 bridgehead atoms. The number of aromatic nitrogens is 3. The van der Waals surface area contributed by atoms with Crippen LogP contribution in [0.15, 0.2) is 47.8 Å². The number of hydrogen-bond acceptors (Lipinski definition) is 6. The molecule has 0 spiro atoms. The average Bonchev–Trinajstić information content (AvgIpc) is 3.34. The highest BCUT2D eigenvalue weighted by atomic mass is 35.5. The van der Waals surface area contributed by atoms with Crippen molar-refractivity contribution in [1.82, 2.24) is 19.4 Å². The maximum atomic E-state index is 16.1. The molecule has 7 nitrogen and oxygen atoms in total. The fraction of sp³-hybridized carbons (Fsp3) is 0.379. The van der Waals surface area contributed by atoms with Crippen molar-refractivity contribution in [2.75, 3.05) is 12.8 Å². The molecule has 0 radical (unpaired) electrons. The average molecular weight is 566 g/mol. The number of benzene rings is 2. The fourth-order valence-corrected chi connectivity index (χ4v) is 6.09. The minimum absolute atomic E-state index is 0.0667. The number of imidazole rings is 1. The Balaban J connectivity index is 1.61. The van der Waals surface area contributed by atoms with Gasteiger partial charge in [-0.15, -0.1) is 11.8 Å². The minimum Gasteiger partial charge on any atom is -0.444 e. The van der Waals surface area contributed by atoms with Crippen LogP contribution in [-0.2, 0) is 4.74 Å². The first-order valence-corrected chi connectivity index (χ1v) is 14.4. The van der Waals surface area contributed by atoms with E-state index in [0.29, 0.717) is 51.5 Å². The third-order valence-electron chi connectivity index (χ3n) is 6.95. The summed E-state index contributed by atoms with van der Waals surface area (Å²) < 4.78 is 23.7. The van der Waals surface area contributed by atoms with E-state index >= 15 is 4.39 Å². The van der Waals surface area contributed by atoms with Crippen molar-refractivity contribution in [2.45, 2.75) is 62.7 Å². The third kappa shape index (κ3) is 5.15. The molecule has 39 heavy (non-hydrogen) atoms. The normalized spacial score (nSPS) is 17.9. The second kappa shape index (κ2) is 10.7. The van der Waals surface area contributed by atoms with E-state index in [2.05, 4.69) is 16.0 Å². The van der Waals surface area contributed by atoms with Crippen LogP contribution in [0.3, 0.4) is 0 Å². The minimum atomic E-state index is -0.631. The number of thioether (sulfide) groups is 1. The van der Waals surface area contributed by atoms with E-state index in [-0.39, 0.29) is 24.0 Å². The molecule has 1 amide bonds. The molecule has 0 N–H and O–H groups in total. The molecule has 0 aliphatic carbocycles. The van der Waals surface area contributed by atoms with Crippen LogP contribution < -0.4 is 0 Å². The molecule has 1 fully saturated rings. The summed E-state index contributed by atoms with van der Waals surface area (Å²) in [7, 11) is 0. The first-order valence-electron chi connectivity index (χ1n) is 12.8. The number of amides is 1. The Morgan fingerprint density at radius 1 is 1.28 bits per heavy atom. The summed E-state index contributed by atoms with van der Waals surface area (Å²) >= 11 is 8.10. The second-order valence-electron chi connectivity index (χ2n) is 10.6. The molecule has 1 aliphatic heterocycles. The zero-order valence-corrected chi connectivity index (χ0v) is 23.8. The molecule has 0 unspecified atom stereocenters. The summed E-state index contributed by atoms with van der Waals surface area (Å²) in [6.45, 7) is 5.90. The maximum Gasteiger partial charge on any atom is 0.410 e. The molecule has 1 aliphatic rings. The number of likely N-dealkylation sites (tertiary alicyclic amines) is 1. The number of carbonyl (C=O) groups excluding carboxylic acids is 1. The molecule has 2 aromatic carbocycles. The van der Waals surface area contributed by atoms with E-state index < -0.39 is 17.5 Å². The Labute approximate surface area is 235 Å².